The monoisotopic (exact) mass is 398 g/mol. The van der Waals surface area contributed by atoms with E-state index in [9.17, 15) is 4.79 Å². The number of aromatic nitrogens is 1. The van der Waals surface area contributed by atoms with Crippen LogP contribution < -0.4 is 4.80 Å². The van der Waals surface area contributed by atoms with Crippen molar-refractivity contribution in [2.45, 2.75) is 44.9 Å². The van der Waals surface area contributed by atoms with Gasteiger partial charge in [-0.25, -0.2) is 0 Å². The van der Waals surface area contributed by atoms with Crippen molar-refractivity contribution in [2.24, 2.45) is 12.0 Å². The second-order valence-corrected chi connectivity index (χ2v) is 9.01. The molecule has 0 aliphatic heterocycles. The molecule has 1 heterocycles. The normalized spacial score (nSPS) is 17.0. The number of halogens is 1. The molecule has 3 nitrogen and oxygen atoms in total. The van der Waals surface area contributed by atoms with Gasteiger partial charge < -0.3 is 4.57 Å². The topological polar surface area (TPSA) is 34.4 Å². The Morgan fingerprint density at radius 3 is 2.41 bits per heavy atom. The lowest BCUT2D eigenvalue weighted by molar-refractivity contribution is -0.123. The molecule has 140 valence electrons. The highest BCUT2D eigenvalue weighted by Crippen LogP contribution is 2.42. The van der Waals surface area contributed by atoms with Crippen molar-refractivity contribution in [2.75, 3.05) is 0 Å². The summed E-state index contributed by atoms with van der Waals surface area (Å²) in [6.45, 7) is 4.23. The largest absolute Gasteiger partial charge is 0.319 e. The third-order valence-corrected chi connectivity index (χ3v) is 7.23. The molecule has 1 fully saturated rings. The molecule has 1 amide bonds. The second-order valence-electron chi connectivity index (χ2n) is 7.56. The highest BCUT2D eigenvalue weighted by atomic mass is 35.5. The van der Waals surface area contributed by atoms with Gasteiger partial charge in [-0.15, -0.1) is 0 Å². The van der Waals surface area contributed by atoms with Crippen molar-refractivity contribution in [3.8, 4) is 0 Å². The van der Waals surface area contributed by atoms with Gasteiger partial charge in [0.25, 0.3) is 5.91 Å². The van der Waals surface area contributed by atoms with Crippen molar-refractivity contribution < 1.29 is 4.79 Å². The summed E-state index contributed by atoms with van der Waals surface area (Å²) in [5.41, 5.74) is 4.16. The van der Waals surface area contributed by atoms with Gasteiger partial charge in [0, 0.05) is 12.1 Å². The highest BCUT2D eigenvalue weighted by Gasteiger charge is 2.42. The number of amides is 1. The second kappa shape index (κ2) is 6.92. The number of benzene rings is 2. The van der Waals surface area contributed by atoms with Gasteiger partial charge in [-0.2, -0.15) is 4.99 Å². The number of fused-ring (bicyclic) bond motifs is 1. The molecule has 0 atom stereocenters. The molecule has 0 bridgehead atoms. The zero-order chi connectivity index (χ0) is 19.2. The molecule has 2 aromatic carbocycles. The van der Waals surface area contributed by atoms with Crippen LogP contribution in [-0.4, -0.2) is 10.5 Å². The summed E-state index contributed by atoms with van der Waals surface area (Å²) in [7, 11) is 1.99. The quantitative estimate of drug-likeness (QED) is 0.565. The molecule has 0 spiro atoms. The third kappa shape index (κ3) is 3.15. The summed E-state index contributed by atoms with van der Waals surface area (Å²) in [5.74, 6) is -0.0297. The summed E-state index contributed by atoms with van der Waals surface area (Å²) in [4.78, 5) is 18.8. The SMILES string of the molecule is Cc1cc2sc(=NC(=O)C3(c4ccc(Cl)cc4)CCCC3)n(C)c2cc1C. The average molecular weight is 399 g/mol. The number of hydrogen-bond donors (Lipinski definition) is 0. The molecule has 0 N–H and O–H groups in total. The van der Waals surface area contributed by atoms with Crippen molar-refractivity contribution in [3.05, 3.63) is 62.9 Å². The van der Waals surface area contributed by atoms with Crippen molar-refractivity contribution in [1.29, 1.82) is 0 Å². The fraction of sp³-hybridized carbons (Fsp3) is 0.364. The summed E-state index contributed by atoms with van der Waals surface area (Å²) in [5, 5.41) is 0.693. The van der Waals surface area contributed by atoms with Crippen LogP contribution in [0.3, 0.4) is 0 Å². The van der Waals surface area contributed by atoms with E-state index in [0.29, 0.717) is 5.02 Å². The minimum atomic E-state index is -0.514. The van der Waals surface area contributed by atoms with Crippen LogP contribution >= 0.6 is 22.9 Å². The first-order valence-electron chi connectivity index (χ1n) is 9.33. The molecule has 0 radical (unpaired) electrons. The summed E-state index contributed by atoms with van der Waals surface area (Å²) in [6, 6.07) is 12.1. The van der Waals surface area contributed by atoms with Crippen LogP contribution in [0.1, 0.15) is 42.4 Å². The standard InChI is InChI=1S/C22H23ClN2OS/c1-14-12-18-19(13-15(14)2)27-21(25(18)3)24-20(26)22(10-4-5-11-22)16-6-8-17(23)9-7-16/h6-9,12-13H,4-5,10-11H2,1-3H3. The average Bonchev–Trinajstić information content (AvgIpc) is 3.24. The Morgan fingerprint density at radius 1 is 1.11 bits per heavy atom. The van der Waals surface area contributed by atoms with Gasteiger partial charge in [-0.1, -0.05) is 47.9 Å². The van der Waals surface area contributed by atoms with Crippen LogP contribution in [0, 0.1) is 13.8 Å². The number of carbonyl (C=O) groups excluding carboxylic acids is 1. The van der Waals surface area contributed by atoms with Crippen LogP contribution in [0.5, 0.6) is 0 Å². The van der Waals surface area contributed by atoms with E-state index < -0.39 is 5.41 Å². The van der Waals surface area contributed by atoms with Gasteiger partial charge in [0.2, 0.25) is 0 Å². The first kappa shape index (κ1) is 18.5. The smallest absolute Gasteiger partial charge is 0.258 e. The summed E-state index contributed by atoms with van der Waals surface area (Å²) >= 11 is 7.64. The molecule has 27 heavy (non-hydrogen) atoms. The van der Waals surface area contributed by atoms with E-state index in [2.05, 4.69) is 31.0 Å². The van der Waals surface area contributed by atoms with Crippen LogP contribution in [0.4, 0.5) is 0 Å². The van der Waals surface area contributed by atoms with Crippen LogP contribution in [0.2, 0.25) is 5.02 Å². The molecule has 3 aromatic rings. The Balaban J connectivity index is 1.82. The lowest BCUT2D eigenvalue weighted by Crippen LogP contribution is -2.33. The van der Waals surface area contributed by atoms with E-state index in [-0.39, 0.29) is 5.91 Å². The summed E-state index contributed by atoms with van der Waals surface area (Å²) < 4.78 is 3.20. The van der Waals surface area contributed by atoms with Crippen molar-refractivity contribution in [3.63, 3.8) is 0 Å². The van der Waals surface area contributed by atoms with Gasteiger partial charge in [-0.05, 0) is 67.6 Å². The molecule has 1 aromatic heterocycles. The number of hydrogen-bond acceptors (Lipinski definition) is 2. The minimum Gasteiger partial charge on any atom is -0.319 e. The van der Waals surface area contributed by atoms with E-state index in [1.54, 1.807) is 11.3 Å². The van der Waals surface area contributed by atoms with E-state index in [0.717, 1.165) is 41.6 Å². The molecular formula is C22H23ClN2OS. The molecule has 0 saturated heterocycles. The zero-order valence-electron chi connectivity index (χ0n) is 15.9. The predicted octanol–water partition coefficient (Wildman–Crippen LogP) is 5.45. The maximum absolute atomic E-state index is 13.4. The highest BCUT2D eigenvalue weighted by molar-refractivity contribution is 7.16. The molecule has 1 saturated carbocycles. The lowest BCUT2D eigenvalue weighted by atomic mass is 9.78. The van der Waals surface area contributed by atoms with Gasteiger partial charge in [0.1, 0.15) is 0 Å². The predicted molar refractivity (Wildman–Crippen MR) is 112 cm³/mol. The van der Waals surface area contributed by atoms with Crippen LogP contribution in [0.25, 0.3) is 10.2 Å². The lowest BCUT2D eigenvalue weighted by Gasteiger charge is -2.25. The maximum Gasteiger partial charge on any atom is 0.258 e. The molecular weight excluding hydrogens is 376 g/mol. The minimum absolute atomic E-state index is 0.0297. The zero-order valence-corrected chi connectivity index (χ0v) is 17.5. The molecule has 0 unspecified atom stereocenters. The number of thiazole rings is 1. The summed E-state index contributed by atoms with van der Waals surface area (Å²) in [6.07, 6.45) is 3.81. The van der Waals surface area contributed by atoms with Gasteiger partial charge >= 0.3 is 0 Å². The molecule has 5 heteroatoms. The Hall–Kier alpha value is -1.91. The van der Waals surface area contributed by atoms with Gasteiger partial charge in [0.15, 0.2) is 4.80 Å². The van der Waals surface area contributed by atoms with Crippen LogP contribution in [0.15, 0.2) is 41.4 Å². The van der Waals surface area contributed by atoms with E-state index in [4.69, 9.17) is 11.6 Å². The van der Waals surface area contributed by atoms with Crippen molar-refractivity contribution >= 4 is 39.1 Å². The van der Waals surface area contributed by atoms with E-state index in [1.165, 1.54) is 15.8 Å². The number of carbonyl (C=O) groups is 1. The number of nitrogens with zero attached hydrogens (tertiary/aromatic N) is 2. The number of aryl methyl sites for hydroxylation is 3. The molecule has 4 rings (SSSR count). The van der Waals surface area contributed by atoms with E-state index >= 15 is 0 Å². The Morgan fingerprint density at radius 2 is 1.74 bits per heavy atom. The first-order valence-corrected chi connectivity index (χ1v) is 10.5. The fourth-order valence-electron chi connectivity index (χ4n) is 4.05. The maximum atomic E-state index is 13.4. The first-order chi connectivity index (χ1) is 12.9. The molecule has 1 aliphatic rings. The number of rotatable bonds is 2. The Bertz CT molecular complexity index is 1090. The van der Waals surface area contributed by atoms with E-state index in [1.807, 2.05) is 35.9 Å². The Kier molecular flexibility index (Phi) is 4.73. The van der Waals surface area contributed by atoms with Gasteiger partial charge in [0.05, 0.1) is 15.6 Å². The molecule has 1 aliphatic carbocycles. The van der Waals surface area contributed by atoms with Gasteiger partial charge in [-0.3, -0.25) is 4.79 Å². The Labute approximate surface area is 168 Å². The third-order valence-electron chi connectivity index (χ3n) is 5.89. The van der Waals surface area contributed by atoms with Crippen molar-refractivity contribution in [1.82, 2.24) is 4.57 Å². The fourth-order valence-corrected chi connectivity index (χ4v) is 5.28. The van der Waals surface area contributed by atoms with Crippen LogP contribution in [-0.2, 0) is 17.3 Å².